The standard InChI is InChI=1S/C12H13FN2O2/c1-7(2)17-11-4-3-8(5-9(11)13)10-6-16-12(14)15-10/h3-7H,1-2H3,(H2,14,15). The summed E-state index contributed by atoms with van der Waals surface area (Å²) in [4.78, 5) is 3.92. The Hall–Kier alpha value is -2.04. The predicted octanol–water partition coefficient (Wildman–Crippen LogP) is 2.85. The van der Waals surface area contributed by atoms with Gasteiger partial charge in [-0.3, -0.25) is 0 Å². The molecule has 2 aromatic rings. The second-order valence-corrected chi connectivity index (χ2v) is 3.88. The Morgan fingerprint density at radius 3 is 2.71 bits per heavy atom. The van der Waals surface area contributed by atoms with Crippen LogP contribution >= 0.6 is 0 Å². The molecule has 0 aliphatic carbocycles. The minimum absolute atomic E-state index is 0.0583. The molecular weight excluding hydrogens is 223 g/mol. The summed E-state index contributed by atoms with van der Waals surface area (Å²) < 4.78 is 23.9. The molecule has 0 aliphatic heterocycles. The Labute approximate surface area is 98.2 Å². The molecule has 0 amide bonds. The lowest BCUT2D eigenvalue weighted by Crippen LogP contribution is -2.06. The van der Waals surface area contributed by atoms with Gasteiger partial charge in [-0.2, -0.15) is 4.98 Å². The van der Waals surface area contributed by atoms with Crippen molar-refractivity contribution in [3.8, 4) is 17.0 Å². The van der Waals surface area contributed by atoms with Crippen LogP contribution in [0.1, 0.15) is 13.8 Å². The summed E-state index contributed by atoms with van der Waals surface area (Å²) in [5.41, 5.74) is 6.45. The van der Waals surface area contributed by atoms with Crippen molar-refractivity contribution in [3.05, 3.63) is 30.3 Å². The first-order valence-corrected chi connectivity index (χ1v) is 5.24. The van der Waals surface area contributed by atoms with E-state index in [2.05, 4.69) is 4.98 Å². The molecular formula is C12H13FN2O2. The smallest absolute Gasteiger partial charge is 0.292 e. The van der Waals surface area contributed by atoms with Gasteiger partial charge >= 0.3 is 0 Å². The van der Waals surface area contributed by atoms with Gasteiger partial charge < -0.3 is 14.9 Å². The number of nitrogens with zero attached hydrogens (tertiary/aromatic N) is 1. The SMILES string of the molecule is CC(C)Oc1ccc(-c2coc(N)n2)cc1F. The van der Waals surface area contributed by atoms with Crippen molar-refractivity contribution in [2.24, 2.45) is 0 Å². The molecule has 0 bridgehead atoms. The molecule has 0 unspecified atom stereocenters. The summed E-state index contributed by atoms with van der Waals surface area (Å²) in [6, 6.07) is 4.67. The van der Waals surface area contributed by atoms with Crippen LogP contribution in [0.2, 0.25) is 0 Å². The molecule has 1 aromatic heterocycles. The van der Waals surface area contributed by atoms with Crippen LogP contribution in [-0.4, -0.2) is 11.1 Å². The van der Waals surface area contributed by atoms with E-state index >= 15 is 0 Å². The van der Waals surface area contributed by atoms with Crippen molar-refractivity contribution in [3.63, 3.8) is 0 Å². The van der Waals surface area contributed by atoms with Crippen LogP contribution in [0.5, 0.6) is 5.75 Å². The molecule has 4 nitrogen and oxygen atoms in total. The van der Waals surface area contributed by atoms with Gasteiger partial charge in [0.05, 0.1) is 6.10 Å². The average molecular weight is 236 g/mol. The maximum absolute atomic E-state index is 13.7. The normalized spacial score (nSPS) is 10.8. The first-order chi connectivity index (χ1) is 8.06. The third-order valence-electron chi connectivity index (χ3n) is 2.11. The number of hydrogen-bond donors (Lipinski definition) is 1. The Morgan fingerprint density at radius 2 is 2.18 bits per heavy atom. The first-order valence-electron chi connectivity index (χ1n) is 5.24. The van der Waals surface area contributed by atoms with Crippen molar-refractivity contribution in [2.75, 3.05) is 5.73 Å². The summed E-state index contributed by atoms with van der Waals surface area (Å²) >= 11 is 0. The van der Waals surface area contributed by atoms with Crippen molar-refractivity contribution in [1.29, 1.82) is 0 Å². The Balaban J connectivity index is 2.30. The number of halogens is 1. The summed E-state index contributed by atoms with van der Waals surface area (Å²) in [5, 5.41) is 0. The third-order valence-corrected chi connectivity index (χ3v) is 2.11. The molecule has 1 heterocycles. The van der Waals surface area contributed by atoms with E-state index < -0.39 is 5.82 Å². The van der Waals surface area contributed by atoms with Crippen LogP contribution in [0.25, 0.3) is 11.3 Å². The van der Waals surface area contributed by atoms with E-state index in [0.29, 0.717) is 11.3 Å². The zero-order valence-electron chi connectivity index (χ0n) is 9.61. The highest BCUT2D eigenvalue weighted by molar-refractivity contribution is 5.60. The number of aromatic nitrogens is 1. The summed E-state index contributed by atoms with van der Waals surface area (Å²) in [5.74, 6) is -0.210. The maximum atomic E-state index is 13.7. The topological polar surface area (TPSA) is 61.3 Å². The largest absolute Gasteiger partial charge is 0.488 e. The van der Waals surface area contributed by atoms with E-state index in [9.17, 15) is 4.39 Å². The van der Waals surface area contributed by atoms with E-state index in [-0.39, 0.29) is 17.9 Å². The molecule has 90 valence electrons. The molecule has 2 rings (SSSR count). The fourth-order valence-electron chi connectivity index (χ4n) is 1.43. The number of hydrogen-bond acceptors (Lipinski definition) is 4. The molecule has 17 heavy (non-hydrogen) atoms. The van der Waals surface area contributed by atoms with Gasteiger partial charge in [0.25, 0.3) is 6.01 Å². The molecule has 0 atom stereocenters. The van der Waals surface area contributed by atoms with Gasteiger partial charge in [0.1, 0.15) is 12.0 Å². The Bertz CT molecular complexity index is 523. The predicted molar refractivity (Wildman–Crippen MR) is 62.1 cm³/mol. The zero-order valence-corrected chi connectivity index (χ0v) is 9.61. The van der Waals surface area contributed by atoms with Crippen molar-refractivity contribution < 1.29 is 13.5 Å². The van der Waals surface area contributed by atoms with Gasteiger partial charge in [0, 0.05) is 5.56 Å². The van der Waals surface area contributed by atoms with Crippen LogP contribution in [-0.2, 0) is 0 Å². The number of oxazole rings is 1. The Morgan fingerprint density at radius 1 is 1.41 bits per heavy atom. The maximum Gasteiger partial charge on any atom is 0.292 e. The molecule has 0 spiro atoms. The fraction of sp³-hybridized carbons (Fsp3) is 0.250. The van der Waals surface area contributed by atoms with Gasteiger partial charge in [-0.1, -0.05) is 0 Å². The van der Waals surface area contributed by atoms with Gasteiger partial charge in [-0.25, -0.2) is 4.39 Å². The second kappa shape index (κ2) is 4.45. The molecule has 0 aliphatic rings. The zero-order chi connectivity index (χ0) is 12.4. The van der Waals surface area contributed by atoms with Crippen LogP contribution in [0, 0.1) is 5.82 Å². The lowest BCUT2D eigenvalue weighted by atomic mass is 10.1. The molecule has 2 N–H and O–H groups in total. The van der Waals surface area contributed by atoms with Crippen LogP contribution in [0.3, 0.4) is 0 Å². The van der Waals surface area contributed by atoms with Crippen LogP contribution in [0.15, 0.2) is 28.9 Å². The highest BCUT2D eigenvalue weighted by Gasteiger charge is 2.10. The minimum Gasteiger partial charge on any atom is -0.488 e. The van der Waals surface area contributed by atoms with Gasteiger partial charge in [-0.15, -0.1) is 0 Å². The van der Waals surface area contributed by atoms with E-state index in [4.69, 9.17) is 14.9 Å². The lowest BCUT2D eigenvalue weighted by Gasteiger charge is -2.10. The number of nitrogen functional groups attached to an aromatic ring is 1. The highest BCUT2D eigenvalue weighted by atomic mass is 19.1. The van der Waals surface area contributed by atoms with Crippen LogP contribution < -0.4 is 10.5 Å². The number of rotatable bonds is 3. The van der Waals surface area contributed by atoms with Crippen molar-refractivity contribution >= 4 is 6.01 Å². The molecule has 0 fully saturated rings. The molecule has 0 radical (unpaired) electrons. The monoisotopic (exact) mass is 236 g/mol. The number of nitrogens with two attached hydrogens (primary N) is 1. The summed E-state index contributed by atoms with van der Waals surface area (Å²) in [7, 11) is 0. The number of ether oxygens (including phenoxy) is 1. The molecule has 1 aromatic carbocycles. The van der Waals surface area contributed by atoms with Gasteiger partial charge in [0.15, 0.2) is 11.6 Å². The quantitative estimate of drug-likeness (QED) is 0.890. The molecule has 5 heteroatoms. The van der Waals surface area contributed by atoms with Gasteiger partial charge in [-0.05, 0) is 32.0 Å². The van der Waals surface area contributed by atoms with E-state index in [1.807, 2.05) is 13.8 Å². The first kappa shape index (κ1) is 11.4. The van der Waals surface area contributed by atoms with E-state index in [1.54, 1.807) is 12.1 Å². The molecule has 0 saturated carbocycles. The van der Waals surface area contributed by atoms with Crippen molar-refractivity contribution in [1.82, 2.24) is 4.98 Å². The highest BCUT2D eigenvalue weighted by Crippen LogP contribution is 2.26. The van der Waals surface area contributed by atoms with Gasteiger partial charge in [0.2, 0.25) is 0 Å². The van der Waals surface area contributed by atoms with Crippen LogP contribution in [0.4, 0.5) is 10.4 Å². The minimum atomic E-state index is -0.433. The van der Waals surface area contributed by atoms with Crippen molar-refractivity contribution in [2.45, 2.75) is 20.0 Å². The van der Waals surface area contributed by atoms with E-state index in [0.717, 1.165) is 0 Å². The summed E-state index contributed by atoms with van der Waals surface area (Å²) in [6.07, 6.45) is 1.31. The third kappa shape index (κ3) is 2.55. The molecule has 0 saturated heterocycles. The fourth-order valence-corrected chi connectivity index (χ4v) is 1.43. The average Bonchev–Trinajstić information content (AvgIpc) is 2.67. The Kier molecular flexibility index (Phi) is 2.99. The summed E-state index contributed by atoms with van der Waals surface area (Å²) in [6.45, 7) is 3.68. The number of anilines is 1. The lowest BCUT2D eigenvalue weighted by molar-refractivity contribution is 0.231. The second-order valence-electron chi connectivity index (χ2n) is 3.88. The van der Waals surface area contributed by atoms with E-state index in [1.165, 1.54) is 12.3 Å². The number of benzene rings is 1.